The van der Waals surface area contributed by atoms with Crippen molar-refractivity contribution in [1.82, 2.24) is 19.9 Å². The summed E-state index contributed by atoms with van der Waals surface area (Å²) in [6.45, 7) is 2.37. The van der Waals surface area contributed by atoms with Crippen molar-refractivity contribution in [1.29, 1.82) is 0 Å². The molecule has 0 spiro atoms. The average Bonchev–Trinajstić information content (AvgIpc) is 3.21. The molecule has 1 fully saturated rings. The lowest BCUT2D eigenvalue weighted by atomic mass is 10.1. The predicted molar refractivity (Wildman–Crippen MR) is 96.3 cm³/mol. The molecule has 1 unspecified atom stereocenters. The van der Waals surface area contributed by atoms with Gasteiger partial charge in [0.1, 0.15) is 6.26 Å². The molecule has 1 aliphatic rings. The standard InChI is InChI=1S/C18H25N5O3/c1-22-9-6-7-14(22)15(23-10-4-2-3-5-11-23)13-19-17(24)18(25)20-16-8-12-26-21-16/h6-9,12,15H,2-5,10-11,13H2,1H3,(H,19,24)(H,20,21,25). The second kappa shape index (κ2) is 8.66. The highest BCUT2D eigenvalue weighted by Crippen LogP contribution is 2.24. The highest BCUT2D eigenvalue weighted by Gasteiger charge is 2.25. The lowest BCUT2D eigenvalue weighted by Crippen LogP contribution is -2.43. The van der Waals surface area contributed by atoms with Gasteiger partial charge in [-0.1, -0.05) is 18.0 Å². The Hall–Kier alpha value is -2.61. The Morgan fingerprint density at radius 2 is 1.96 bits per heavy atom. The molecule has 2 aromatic rings. The first-order valence-corrected chi connectivity index (χ1v) is 9.00. The number of carbonyl (C=O) groups is 2. The maximum absolute atomic E-state index is 12.2. The lowest BCUT2D eigenvalue weighted by Gasteiger charge is -2.31. The smallest absolute Gasteiger partial charge is 0.314 e. The zero-order valence-corrected chi connectivity index (χ0v) is 15.0. The number of hydrogen-bond acceptors (Lipinski definition) is 5. The monoisotopic (exact) mass is 359 g/mol. The summed E-state index contributed by atoms with van der Waals surface area (Å²) in [6.07, 6.45) is 8.12. The molecule has 1 aliphatic heterocycles. The van der Waals surface area contributed by atoms with Crippen LogP contribution in [-0.2, 0) is 16.6 Å². The van der Waals surface area contributed by atoms with Gasteiger partial charge in [-0.3, -0.25) is 19.8 Å². The lowest BCUT2D eigenvalue weighted by molar-refractivity contribution is -0.136. The van der Waals surface area contributed by atoms with Crippen LogP contribution < -0.4 is 10.6 Å². The third-order valence-corrected chi connectivity index (χ3v) is 4.75. The molecule has 8 heteroatoms. The molecule has 140 valence electrons. The number of carbonyl (C=O) groups excluding carboxylic acids is 2. The maximum atomic E-state index is 12.2. The van der Waals surface area contributed by atoms with Crippen LogP contribution in [0.2, 0.25) is 0 Å². The van der Waals surface area contributed by atoms with Crippen molar-refractivity contribution < 1.29 is 14.1 Å². The summed E-state index contributed by atoms with van der Waals surface area (Å²) in [4.78, 5) is 26.6. The normalized spacial score (nSPS) is 16.7. The molecule has 0 aromatic carbocycles. The molecule has 26 heavy (non-hydrogen) atoms. The van der Waals surface area contributed by atoms with Crippen LogP contribution in [0.25, 0.3) is 0 Å². The van der Waals surface area contributed by atoms with Gasteiger partial charge in [-0.15, -0.1) is 0 Å². The van der Waals surface area contributed by atoms with Crippen molar-refractivity contribution >= 4 is 17.6 Å². The molecule has 0 bridgehead atoms. The summed E-state index contributed by atoms with van der Waals surface area (Å²) < 4.78 is 6.71. The Kier molecular flexibility index (Phi) is 6.06. The minimum Gasteiger partial charge on any atom is -0.363 e. The molecule has 1 atom stereocenters. The number of anilines is 1. The third kappa shape index (κ3) is 4.51. The van der Waals surface area contributed by atoms with Crippen LogP contribution in [0.15, 0.2) is 35.2 Å². The highest BCUT2D eigenvalue weighted by atomic mass is 16.5. The van der Waals surface area contributed by atoms with Gasteiger partial charge in [-0.25, -0.2) is 0 Å². The molecular weight excluding hydrogens is 334 g/mol. The first-order valence-electron chi connectivity index (χ1n) is 9.00. The minimum atomic E-state index is -0.750. The topological polar surface area (TPSA) is 92.4 Å². The van der Waals surface area contributed by atoms with Gasteiger partial charge in [0.25, 0.3) is 0 Å². The van der Waals surface area contributed by atoms with Crippen LogP contribution in [0.3, 0.4) is 0 Å². The first kappa shape index (κ1) is 18.2. The van der Waals surface area contributed by atoms with E-state index in [1.54, 1.807) is 0 Å². The number of hydrogen-bond donors (Lipinski definition) is 2. The summed E-state index contributed by atoms with van der Waals surface area (Å²) in [5, 5.41) is 8.74. The molecule has 8 nitrogen and oxygen atoms in total. The van der Waals surface area contributed by atoms with Gasteiger partial charge in [-0.2, -0.15) is 0 Å². The summed E-state index contributed by atoms with van der Waals surface area (Å²) in [5.74, 6) is -1.21. The Bertz CT molecular complexity index is 717. The maximum Gasteiger partial charge on any atom is 0.314 e. The number of aromatic nitrogens is 2. The summed E-state index contributed by atoms with van der Waals surface area (Å²) in [5.41, 5.74) is 1.13. The van der Waals surface area contributed by atoms with Gasteiger partial charge >= 0.3 is 11.8 Å². The summed E-state index contributed by atoms with van der Waals surface area (Å²) in [7, 11) is 2.00. The van der Waals surface area contributed by atoms with Gasteiger partial charge < -0.3 is 14.4 Å². The molecule has 0 radical (unpaired) electrons. The molecule has 2 amide bonds. The van der Waals surface area contributed by atoms with E-state index < -0.39 is 11.8 Å². The Morgan fingerprint density at radius 1 is 1.19 bits per heavy atom. The molecule has 3 heterocycles. The van der Waals surface area contributed by atoms with E-state index >= 15 is 0 Å². The fourth-order valence-electron chi connectivity index (χ4n) is 3.37. The quantitative estimate of drug-likeness (QED) is 0.793. The molecule has 1 saturated heterocycles. The van der Waals surface area contributed by atoms with E-state index in [0.717, 1.165) is 31.6 Å². The van der Waals surface area contributed by atoms with Crippen molar-refractivity contribution in [3.05, 3.63) is 36.4 Å². The van der Waals surface area contributed by atoms with Crippen molar-refractivity contribution in [2.75, 3.05) is 25.0 Å². The van der Waals surface area contributed by atoms with Gasteiger partial charge in [0.15, 0.2) is 5.82 Å². The molecular formula is C18H25N5O3. The Morgan fingerprint density at radius 3 is 2.58 bits per heavy atom. The molecule has 3 rings (SSSR count). The predicted octanol–water partition coefficient (Wildman–Crippen LogP) is 1.69. The van der Waals surface area contributed by atoms with E-state index in [1.165, 1.54) is 25.2 Å². The number of rotatable bonds is 5. The van der Waals surface area contributed by atoms with E-state index in [9.17, 15) is 9.59 Å². The number of aryl methyl sites for hydroxylation is 1. The van der Waals surface area contributed by atoms with Crippen LogP contribution in [0.1, 0.15) is 37.4 Å². The zero-order valence-electron chi connectivity index (χ0n) is 15.0. The fraction of sp³-hybridized carbons (Fsp3) is 0.500. The number of likely N-dealkylation sites (tertiary alicyclic amines) is 1. The summed E-state index contributed by atoms with van der Waals surface area (Å²) >= 11 is 0. The van der Waals surface area contributed by atoms with E-state index in [4.69, 9.17) is 0 Å². The van der Waals surface area contributed by atoms with Crippen molar-refractivity contribution in [2.24, 2.45) is 7.05 Å². The van der Waals surface area contributed by atoms with E-state index in [0.29, 0.717) is 6.54 Å². The highest BCUT2D eigenvalue weighted by molar-refractivity contribution is 6.39. The molecule has 2 N–H and O–H groups in total. The molecule has 0 saturated carbocycles. The van der Waals surface area contributed by atoms with Gasteiger partial charge in [0.2, 0.25) is 0 Å². The largest absolute Gasteiger partial charge is 0.363 e. The van der Waals surface area contributed by atoms with Gasteiger partial charge in [-0.05, 0) is 38.1 Å². The number of nitrogens with one attached hydrogen (secondary N) is 2. The van der Waals surface area contributed by atoms with Crippen LogP contribution >= 0.6 is 0 Å². The van der Waals surface area contributed by atoms with Crippen molar-refractivity contribution in [2.45, 2.75) is 31.7 Å². The zero-order chi connectivity index (χ0) is 18.4. The van der Waals surface area contributed by atoms with Gasteiger partial charge in [0.05, 0.1) is 6.04 Å². The molecule has 0 aliphatic carbocycles. The Labute approximate surface area is 152 Å². The second-order valence-electron chi connectivity index (χ2n) is 6.56. The van der Waals surface area contributed by atoms with Gasteiger partial charge in [0, 0.05) is 31.5 Å². The average molecular weight is 359 g/mol. The SMILES string of the molecule is Cn1cccc1C(CNC(=O)C(=O)Nc1ccon1)N1CCCCCC1. The van der Waals surface area contributed by atoms with E-state index in [1.807, 2.05) is 19.3 Å². The summed E-state index contributed by atoms with van der Waals surface area (Å²) in [6, 6.07) is 5.59. The third-order valence-electron chi connectivity index (χ3n) is 4.75. The fourth-order valence-corrected chi connectivity index (χ4v) is 3.37. The van der Waals surface area contributed by atoms with Crippen LogP contribution in [0.4, 0.5) is 5.82 Å². The minimum absolute atomic E-state index is 0.0388. The van der Waals surface area contributed by atoms with Crippen LogP contribution in [0.5, 0.6) is 0 Å². The molecule has 2 aromatic heterocycles. The first-order chi connectivity index (χ1) is 12.6. The van der Waals surface area contributed by atoms with Crippen molar-refractivity contribution in [3.63, 3.8) is 0 Å². The van der Waals surface area contributed by atoms with E-state index in [-0.39, 0.29) is 11.9 Å². The number of amides is 2. The number of nitrogens with zero attached hydrogens (tertiary/aromatic N) is 3. The van der Waals surface area contributed by atoms with Crippen molar-refractivity contribution in [3.8, 4) is 0 Å². The second-order valence-corrected chi connectivity index (χ2v) is 6.56. The Balaban J connectivity index is 1.64. The van der Waals surface area contributed by atoms with Crippen LogP contribution in [0, 0.1) is 0 Å². The van der Waals surface area contributed by atoms with Crippen LogP contribution in [-0.4, -0.2) is 46.1 Å². The van der Waals surface area contributed by atoms with E-state index in [2.05, 4.69) is 35.8 Å².